The van der Waals surface area contributed by atoms with E-state index in [0.29, 0.717) is 17.0 Å². The van der Waals surface area contributed by atoms with Crippen molar-refractivity contribution in [3.63, 3.8) is 0 Å². The van der Waals surface area contributed by atoms with Gasteiger partial charge in [-0.1, -0.05) is 12.1 Å². The molecule has 0 saturated heterocycles. The van der Waals surface area contributed by atoms with Crippen LogP contribution < -0.4 is 28.0 Å². The summed E-state index contributed by atoms with van der Waals surface area (Å²) >= 11 is 0. The monoisotopic (exact) mass is 530 g/mol. The second-order valence-corrected chi connectivity index (χ2v) is 7.91. The van der Waals surface area contributed by atoms with Crippen LogP contribution in [0, 0.1) is 10.1 Å². The zero-order valence-corrected chi connectivity index (χ0v) is 21.3. The second kappa shape index (κ2) is 12.6. The van der Waals surface area contributed by atoms with Crippen molar-refractivity contribution < 1.29 is 45.8 Å². The summed E-state index contributed by atoms with van der Waals surface area (Å²) < 4.78 is 12.2. The van der Waals surface area contributed by atoms with Crippen LogP contribution in [0.4, 0.5) is 5.69 Å². The molecule has 11 nitrogen and oxygen atoms in total. The number of carbonyl (C=O) groups is 3. The van der Waals surface area contributed by atoms with E-state index in [1.807, 2.05) is 0 Å². The minimum atomic E-state index is -1.00. The van der Waals surface area contributed by atoms with Gasteiger partial charge in [-0.2, -0.15) is 4.57 Å². The fourth-order valence-corrected chi connectivity index (χ4v) is 4.05. The molecule has 37 heavy (non-hydrogen) atoms. The number of hydrogen-bond donors (Lipinski definition) is 2. The van der Waals surface area contributed by atoms with Gasteiger partial charge in [0.25, 0.3) is 11.6 Å². The summed E-state index contributed by atoms with van der Waals surface area (Å²) in [5.41, 5.74) is 6.87. The summed E-state index contributed by atoms with van der Waals surface area (Å²) in [6.07, 6.45) is 3.22. The molecule has 3 N–H and O–H groups in total. The van der Waals surface area contributed by atoms with Crippen molar-refractivity contribution in [2.24, 2.45) is 5.73 Å². The Kier molecular flexibility index (Phi) is 9.90. The summed E-state index contributed by atoms with van der Waals surface area (Å²) in [4.78, 5) is 48.9. The minimum absolute atomic E-state index is 0. The van der Waals surface area contributed by atoms with E-state index in [4.69, 9.17) is 15.2 Å². The van der Waals surface area contributed by atoms with Gasteiger partial charge in [0.05, 0.1) is 40.9 Å². The number of amides is 1. The first kappa shape index (κ1) is 29.0. The van der Waals surface area contributed by atoms with Gasteiger partial charge in [0.1, 0.15) is 5.56 Å². The average Bonchev–Trinajstić information content (AvgIpc) is 2.84. The first-order valence-electron chi connectivity index (χ1n) is 11.3. The molecule has 2 aromatic rings. The lowest BCUT2D eigenvalue weighted by molar-refractivity contribution is -0.689. The van der Waals surface area contributed by atoms with Crippen LogP contribution in [-0.4, -0.2) is 36.0 Å². The van der Waals surface area contributed by atoms with Gasteiger partial charge in [-0.05, 0) is 32.4 Å². The maximum Gasteiger partial charge on any atom is 0.337 e. The highest BCUT2D eigenvalue weighted by molar-refractivity contribution is 6.00. The van der Waals surface area contributed by atoms with Crippen molar-refractivity contribution in [1.29, 1.82) is 0 Å². The van der Waals surface area contributed by atoms with E-state index in [-0.39, 0.29) is 54.6 Å². The lowest BCUT2D eigenvalue weighted by atomic mass is 9.80. The van der Waals surface area contributed by atoms with Crippen molar-refractivity contribution in [2.45, 2.75) is 33.2 Å². The molecule has 1 amide bonds. The number of nitro benzene ring substituents is 1. The molecule has 196 valence electrons. The number of aromatic nitrogens is 1. The number of hydrogen-bond acceptors (Lipinski definition) is 8. The zero-order valence-electron chi connectivity index (χ0n) is 20.5. The number of allylic oxidation sites excluding steroid dienone is 2. The van der Waals surface area contributed by atoms with Crippen LogP contribution in [-0.2, 0) is 25.6 Å². The minimum Gasteiger partial charge on any atom is -1.00 e. The van der Waals surface area contributed by atoms with E-state index < -0.39 is 28.7 Å². The van der Waals surface area contributed by atoms with E-state index in [2.05, 4.69) is 5.32 Å². The summed E-state index contributed by atoms with van der Waals surface area (Å²) in [6.45, 7) is 5.21. The Morgan fingerprint density at radius 1 is 1.08 bits per heavy atom. The molecule has 2 heterocycles. The molecule has 12 heteroatoms. The summed E-state index contributed by atoms with van der Waals surface area (Å²) in [5, 5.41) is 14.6. The molecule has 3 rings (SSSR count). The topological polar surface area (TPSA) is 155 Å². The fraction of sp³-hybridized carbons (Fsp3) is 0.280. The number of ether oxygens (including phenoxy) is 2. The van der Waals surface area contributed by atoms with E-state index in [9.17, 15) is 24.5 Å². The van der Waals surface area contributed by atoms with Crippen LogP contribution >= 0.6 is 0 Å². The third kappa shape index (κ3) is 6.50. The van der Waals surface area contributed by atoms with Crippen molar-refractivity contribution in [3.05, 3.63) is 92.6 Å². The van der Waals surface area contributed by atoms with Gasteiger partial charge in [0, 0.05) is 23.9 Å². The number of esters is 2. The average molecular weight is 531 g/mol. The molecule has 0 spiro atoms. The van der Waals surface area contributed by atoms with Crippen LogP contribution in [0.2, 0.25) is 0 Å². The first-order valence-corrected chi connectivity index (χ1v) is 11.3. The molecule has 0 aliphatic carbocycles. The van der Waals surface area contributed by atoms with Gasteiger partial charge in [-0.25, -0.2) is 9.59 Å². The molecule has 1 aliphatic heterocycles. The van der Waals surface area contributed by atoms with Crippen LogP contribution in [0.1, 0.15) is 42.6 Å². The molecule has 0 radical (unpaired) electrons. The SMILES string of the molecule is CCOC(=O)C1=C(C)NC(C[n+]2cccc(C(N)=O)c2)=C(C(=O)OCC)C1c1cccc([N+](=O)[O-])c1.[Cl-]. The van der Waals surface area contributed by atoms with Crippen molar-refractivity contribution in [1.82, 2.24) is 5.32 Å². The van der Waals surface area contributed by atoms with Crippen molar-refractivity contribution in [3.8, 4) is 0 Å². The number of nitrogens with one attached hydrogen (secondary N) is 1. The highest BCUT2D eigenvalue weighted by atomic mass is 35.5. The van der Waals surface area contributed by atoms with Gasteiger partial charge < -0.3 is 32.9 Å². The summed E-state index contributed by atoms with van der Waals surface area (Å²) in [5.74, 6) is -2.98. The quantitative estimate of drug-likeness (QED) is 0.181. The fourth-order valence-electron chi connectivity index (χ4n) is 4.05. The van der Waals surface area contributed by atoms with Crippen LogP contribution in [0.5, 0.6) is 0 Å². The third-order valence-corrected chi connectivity index (χ3v) is 5.53. The Balaban J connectivity index is 0.00000481. The Morgan fingerprint density at radius 3 is 2.32 bits per heavy atom. The number of rotatable bonds is 9. The maximum absolute atomic E-state index is 13.3. The van der Waals surface area contributed by atoms with Gasteiger partial charge in [0.2, 0.25) is 0 Å². The molecule has 0 bridgehead atoms. The van der Waals surface area contributed by atoms with E-state index >= 15 is 0 Å². The standard InChI is InChI=1S/C25H26N4O7.ClH/c1-4-35-24(31)20-15(3)27-19(14-28-11-7-9-17(13-28)23(26)30)22(25(32)36-5-2)21(20)16-8-6-10-18(12-16)29(33)34;/h6-13,21H,4-5,14H2,1-3H3,(H2-,26,27,30,31,32);1H. The Hall–Kier alpha value is -4.25. The number of nitrogens with zero attached hydrogens (tertiary/aromatic N) is 2. The van der Waals surface area contributed by atoms with Gasteiger partial charge in [-0.3, -0.25) is 14.9 Å². The molecular weight excluding hydrogens is 504 g/mol. The highest BCUT2D eigenvalue weighted by Gasteiger charge is 2.40. The number of benzene rings is 1. The van der Waals surface area contributed by atoms with Crippen LogP contribution in [0.15, 0.2) is 71.3 Å². The Morgan fingerprint density at radius 2 is 1.73 bits per heavy atom. The lowest BCUT2D eigenvalue weighted by Crippen LogP contribution is -3.00. The third-order valence-electron chi connectivity index (χ3n) is 5.53. The highest BCUT2D eigenvalue weighted by Crippen LogP contribution is 2.40. The first-order chi connectivity index (χ1) is 17.2. The molecule has 0 saturated carbocycles. The summed E-state index contributed by atoms with van der Waals surface area (Å²) in [7, 11) is 0. The number of halogens is 1. The molecular formula is C25H27ClN4O7. The molecule has 0 fully saturated rings. The number of primary amides is 1. The van der Waals surface area contributed by atoms with Crippen LogP contribution in [0.25, 0.3) is 0 Å². The van der Waals surface area contributed by atoms with Crippen LogP contribution in [0.3, 0.4) is 0 Å². The Bertz CT molecular complexity index is 1290. The maximum atomic E-state index is 13.3. The number of nitro groups is 1. The lowest BCUT2D eigenvalue weighted by Gasteiger charge is -2.30. The van der Waals surface area contributed by atoms with Gasteiger partial charge in [0.15, 0.2) is 18.9 Å². The second-order valence-electron chi connectivity index (χ2n) is 7.91. The van der Waals surface area contributed by atoms with E-state index in [0.717, 1.165) is 0 Å². The molecule has 1 aliphatic rings. The number of carbonyl (C=O) groups excluding carboxylic acids is 3. The predicted octanol–water partition coefficient (Wildman–Crippen LogP) is -0.973. The van der Waals surface area contributed by atoms with Crippen molar-refractivity contribution >= 4 is 23.5 Å². The molecule has 1 aromatic heterocycles. The number of dihydropyridines is 1. The number of nitrogens with two attached hydrogens (primary N) is 1. The van der Waals surface area contributed by atoms with Crippen molar-refractivity contribution in [2.75, 3.05) is 13.2 Å². The number of non-ortho nitro benzene ring substituents is 1. The molecule has 1 atom stereocenters. The predicted molar refractivity (Wildman–Crippen MR) is 127 cm³/mol. The normalized spacial score (nSPS) is 14.8. The van der Waals surface area contributed by atoms with Gasteiger partial charge in [-0.15, -0.1) is 0 Å². The molecule has 1 aromatic carbocycles. The summed E-state index contributed by atoms with van der Waals surface area (Å²) in [6, 6.07) is 8.93. The largest absolute Gasteiger partial charge is 1.00 e. The zero-order chi connectivity index (χ0) is 26.4. The smallest absolute Gasteiger partial charge is 0.337 e. The van der Waals surface area contributed by atoms with Gasteiger partial charge >= 0.3 is 11.9 Å². The Labute approximate surface area is 219 Å². The van der Waals surface area contributed by atoms with E-state index in [1.54, 1.807) is 49.7 Å². The van der Waals surface area contributed by atoms with E-state index in [1.165, 1.54) is 24.4 Å². The number of pyridine rings is 1. The molecule has 1 unspecified atom stereocenters.